The van der Waals surface area contributed by atoms with Crippen molar-refractivity contribution in [1.82, 2.24) is 0 Å². The van der Waals surface area contributed by atoms with Crippen molar-refractivity contribution in [3.63, 3.8) is 0 Å². The predicted octanol–water partition coefficient (Wildman–Crippen LogP) is 13.3. The van der Waals surface area contributed by atoms with Gasteiger partial charge in [0.1, 0.15) is 6.10 Å². The number of aliphatic hydroxyl groups excluding tert-OH is 1. The first-order chi connectivity index (χ1) is 23.7. The third-order valence-electron chi connectivity index (χ3n) is 8.61. The average molecular weight is 671 g/mol. The largest absolute Gasteiger partial charge is 0.457 e. The molecule has 0 radical (unpaired) electrons. The summed E-state index contributed by atoms with van der Waals surface area (Å²) < 4.78 is 11.1. The van der Waals surface area contributed by atoms with Crippen molar-refractivity contribution in [1.29, 1.82) is 0 Å². The third kappa shape index (κ3) is 38.5. The first-order valence-corrected chi connectivity index (χ1v) is 20.4. The van der Waals surface area contributed by atoms with E-state index in [1.807, 2.05) is 0 Å². The lowest BCUT2D eigenvalue weighted by Crippen LogP contribution is -2.27. The number of hydrogen-bond donors (Lipinski definition) is 1. The molecule has 0 aliphatic carbocycles. The highest BCUT2D eigenvalue weighted by molar-refractivity contribution is 5.69. The lowest BCUT2D eigenvalue weighted by Gasteiger charge is -2.16. The molecule has 1 unspecified atom stereocenters. The molecule has 0 aliphatic heterocycles. The van der Waals surface area contributed by atoms with Gasteiger partial charge in [0.05, 0.1) is 13.2 Å². The minimum absolute atomic E-state index is 0.177. The second kappa shape index (κ2) is 41.3. The molecule has 0 amide bonds. The molecule has 0 heterocycles. The number of unbranched alkanes of at least 4 members (excludes halogenated alkanes) is 19. The normalized spacial score (nSPS) is 13.0. The van der Waals surface area contributed by atoms with Gasteiger partial charge >= 0.3 is 5.97 Å². The topological polar surface area (TPSA) is 55.8 Å². The van der Waals surface area contributed by atoms with E-state index in [-0.39, 0.29) is 12.6 Å². The third-order valence-corrected chi connectivity index (χ3v) is 8.61. The van der Waals surface area contributed by atoms with Gasteiger partial charge in [-0.3, -0.25) is 4.79 Å². The number of esters is 1. The molecule has 0 fully saturated rings. The molecule has 0 bridgehead atoms. The lowest BCUT2D eigenvalue weighted by molar-refractivity contribution is -0.154. The average Bonchev–Trinajstić information content (AvgIpc) is 3.09. The summed E-state index contributed by atoms with van der Waals surface area (Å²) in [6, 6.07) is 0. The summed E-state index contributed by atoms with van der Waals surface area (Å²) in [5.41, 5.74) is 0. The molecule has 4 nitrogen and oxygen atoms in total. The highest BCUT2D eigenvalue weighted by Crippen LogP contribution is 2.13. The van der Waals surface area contributed by atoms with Crippen LogP contribution in [0.25, 0.3) is 0 Å². The zero-order valence-electron chi connectivity index (χ0n) is 31.7. The van der Waals surface area contributed by atoms with E-state index < -0.39 is 6.10 Å². The van der Waals surface area contributed by atoms with E-state index in [4.69, 9.17) is 9.47 Å². The Hall–Kier alpha value is -1.91. The van der Waals surface area contributed by atoms with Gasteiger partial charge < -0.3 is 14.6 Å². The van der Waals surface area contributed by atoms with Crippen molar-refractivity contribution in [2.75, 3.05) is 19.8 Å². The molecule has 0 aromatic carbocycles. The Morgan fingerprint density at radius 2 is 0.938 bits per heavy atom. The number of aliphatic hydroxyl groups is 1. The molecule has 1 N–H and O–H groups in total. The van der Waals surface area contributed by atoms with Gasteiger partial charge in [-0.15, -0.1) is 0 Å². The van der Waals surface area contributed by atoms with Gasteiger partial charge in [-0.1, -0.05) is 184 Å². The number of hydrogen-bond acceptors (Lipinski definition) is 4. The number of ether oxygens (including phenoxy) is 2. The summed E-state index contributed by atoms with van der Waals surface area (Å²) in [7, 11) is 0. The standard InChI is InChI=1S/C44H78O4/c1-3-5-7-9-11-13-15-17-18-19-20-21-22-23-24-25-26-27-29-31-33-35-37-39-44(46)48-43(41-45)42-47-40-38-36-34-32-30-28-16-14-12-10-8-6-4-2/h5,7,11,13,17-18,20-21,23-24,43,45H,3-4,6,8-10,12,14-16,19,22,25-42H2,1-2H3/b7-5-,13-11-,18-17-,21-20-,24-23-. The van der Waals surface area contributed by atoms with Crippen LogP contribution in [0.2, 0.25) is 0 Å². The van der Waals surface area contributed by atoms with E-state index in [2.05, 4.69) is 74.6 Å². The van der Waals surface area contributed by atoms with Gasteiger partial charge in [0.15, 0.2) is 0 Å². The summed E-state index contributed by atoms with van der Waals surface area (Å²) in [4.78, 5) is 12.2. The molecular formula is C44H78O4. The molecule has 0 saturated carbocycles. The predicted molar refractivity (Wildman–Crippen MR) is 209 cm³/mol. The quantitative estimate of drug-likeness (QED) is 0.0406. The van der Waals surface area contributed by atoms with E-state index in [1.165, 1.54) is 109 Å². The molecule has 278 valence electrons. The van der Waals surface area contributed by atoms with Gasteiger partial charge in [-0.25, -0.2) is 0 Å². The van der Waals surface area contributed by atoms with Gasteiger partial charge in [-0.05, 0) is 57.8 Å². The summed E-state index contributed by atoms with van der Waals surface area (Å²) in [6.45, 7) is 5.23. The number of carbonyl (C=O) groups excluding carboxylic acids is 1. The van der Waals surface area contributed by atoms with Crippen LogP contribution in [-0.2, 0) is 14.3 Å². The highest BCUT2D eigenvalue weighted by atomic mass is 16.6. The minimum atomic E-state index is -0.539. The summed E-state index contributed by atoms with van der Waals surface area (Å²) in [5.74, 6) is -0.212. The van der Waals surface area contributed by atoms with Gasteiger partial charge in [-0.2, -0.15) is 0 Å². The number of rotatable bonds is 37. The van der Waals surface area contributed by atoms with Crippen molar-refractivity contribution in [2.45, 2.75) is 193 Å². The van der Waals surface area contributed by atoms with Crippen molar-refractivity contribution in [2.24, 2.45) is 0 Å². The summed E-state index contributed by atoms with van der Waals surface area (Å²) >= 11 is 0. The van der Waals surface area contributed by atoms with E-state index in [0.29, 0.717) is 19.6 Å². The first-order valence-electron chi connectivity index (χ1n) is 20.4. The molecule has 0 rings (SSSR count). The Labute approximate surface area is 298 Å². The lowest BCUT2D eigenvalue weighted by atomic mass is 10.0. The molecule has 48 heavy (non-hydrogen) atoms. The zero-order valence-corrected chi connectivity index (χ0v) is 31.7. The van der Waals surface area contributed by atoms with Crippen LogP contribution >= 0.6 is 0 Å². The monoisotopic (exact) mass is 671 g/mol. The summed E-state index contributed by atoms with van der Waals surface area (Å²) in [6.07, 6.45) is 54.1. The molecule has 4 heteroatoms. The molecule has 0 spiro atoms. The maximum atomic E-state index is 12.2. The number of allylic oxidation sites excluding steroid dienone is 10. The molecular weight excluding hydrogens is 592 g/mol. The van der Waals surface area contributed by atoms with Gasteiger partial charge in [0.2, 0.25) is 0 Å². The highest BCUT2D eigenvalue weighted by Gasteiger charge is 2.13. The molecule has 0 saturated heterocycles. The smallest absolute Gasteiger partial charge is 0.306 e. The second-order valence-corrected chi connectivity index (χ2v) is 13.3. The first kappa shape index (κ1) is 46.1. The fourth-order valence-electron chi connectivity index (χ4n) is 5.59. The SMILES string of the molecule is CC/C=C\C/C=C\C/C=C\C/C=C\C/C=C\CCCCCCCCCC(=O)OC(CO)COCCCCCCCCCCCCCCC. The Kier molecular flexibility index (Phi) is 39.6. The Bertz CT molecular complexity index is 794. The van der Waals surface area contributed by atoms with Crippen molar-refractivity contribution in [3.05, 3.63) is 60.8 Å². The fourth-order valence-corrected chi connectivity index (χ4v) is 5.59. The van der Waals surface area contributed by atoms with E-state index in [1.54, 1.807) is 0 Å². The van der Waals surface area contributed by atoms with Crippen LogP contribution in [0.3, 0.4) is 0 Å². The Balaban J connectivity index is 3.49. The molecule has 0 aromatic heterocycles. The molecule has 0 aliphatic rings. The van der Waals surface area contributed by atoms with Crippen LogP contribution in [0.4, 0.5) is 0 Å². The van der Waals surface area contributed by atoms with E-state index in [0.717, 1.165) is 57.8 Å². The van der Waals surface area contributed by atoms with Crippen LogP contribution in [0.1, 0.15) is 187 Å². The minimum Gasteiger partial charge on any atom is -0.457 e. The fraction of sp³-hybridized carbons (Fsp3) is 0.750. The number of carbonyl (C=O) groups is 1. The van der Waals surface area contributed by atoms with Crippen molar-refractivity contribution in [3.8, 4) is 0 Å². The van der Waals surface area contributed by atoms with Crippen LogP contribution in [-0.4, -0.2) is 37.0 Å². The van der Waals surface area contributed by atoms with Crippen LogP contribution < -0.4 is 0 Å². The van der Waals surface area contributed by atoms with Crippen molar-refractivity contribution >= 4 is 5.97 Å². The Morgan fingerprint density at radius 3 is 1.42 bits per heavy atom. The van der Waals surface area contributed by atoms with E-state index in [9.17, 15) is 9.90 Å². The Morgan fingerprint density at radius 1 is 0.521 bits per heavy atom. The summed E-state index contributed by atoms with van der Waals surface area (Å²) in [5, 5.41) is 9.58. The van der Waals surface area contributed by atoms with Crippen molar-refractivity contribution < 1.29 is 19.4 Å². The van der Waals surface area contributed by atoms with E-state index >= 15 is 0 Å². The van der Waals surface area contributed by atoms with Crippen LogP contribution in [0.15, 0.2) is 60.8 Å². The molecule has 1 atom stereocenters. The van der Waals surface area contributed by atoms with Gasteiger partial charge in [0, 0.05) is 13.0 Å². The second-order valence-electron chi connectivity index (χ2n) is 13.3. The zero-order chi connectivity index (χ0) is 34.9. The maximum absolute atomic E-state index is 12.2. The van der Waals surface area contributed by atoms with Gasteiger partial charge in [0.25, 0.3) is 0 Å². The van der Waals surface area contributed by atoms with Crippen LogP contribution in [0.5, 0.6) is 0 Å². The molecule has 0 aromatic rings. The maximum Gasteiger partial charge on any atom is 0.306 e. The van der Waals surface area contributed by atoms with Crippen LogP contribution in [0, 0.1) is 0 Å².